The standard InChI is InChI=1S/C20H22ClNO4/c1-4-26-20(23)22-10-9-14-11-17(24-2)18(25-3)12-16(14)19(22)13-5-7-15(21)8-6-13/h5-8,11-12,19H,4,9-10H2,1-3H3. The summed E-state index contributed by atoms with van der Waals surface area (Å²) in [4.78, 5) is 14.3. The third-order valence-corrected chi connectivity index (χ3v) is 4.81. The van der Waals surface area contributed by atoms with Crippen LogP contribution in [0.25, 0.3) is 0 Å². The van der Waals surface area contributed by atoms with E-state index in [1.165, 1.54) is 0 Å². The molecule has 138 valence electrons. The molecule has 0 fully saturated rings. The summed E-state index contributed by atoms with van der Waals surface area (Å²) in [5, 5.41) is 0.653. The third kappa shape index (κ3) is 3.44. The minimum Gasteiger partial charge on any atom is -0.493 e. The molecule has 0 saturated carbocycles. The molecule has 2 aromatic carbocycles. The smallest absolute Gasteiger partial charge is 0.410 e. The van der Waals surface area contributed by atoms with Crippen molar-refractivity contribution in [1.29, 1.82) is 0 Å². The summed E-state index contributed by atoms with van der Waals surface area (Å²) in [6, 6.07) is 11.2. The van der Waals surface area contributed by atoms with Crippen LogP contribution in [0.15, 0.2) is 36.4 Å². The van der Waals surface area contributed by atoms with E-state index < -0.39 is 0 Å². The fraction of sp³-hybridized carbons (Fsp3) is 0.350. The lowest BCUT2D eigenvalue weighted by Gasteiger charge is -2.37. The molecule has 1 atom stereocenters. The van der Waals surface area contributed by atoms with Crippen molar-refractivity contribution in [2.24, 2.45) is 0 Å². The van der Waals surface area contributed by atoms with Gasteiger partial charge < -0.3 is 14.2 Å². The highest BCUT2D eigenvalue weighted by molar-refractivity contribution is 6.30. The van der Waals surface area contributed by atoms with E-state index in [1.807, 2.05) is 36.4 Å². The molecule has 3 rings (SSSR count). The van der Waals surface area contributed by atoms with Gasteiger partial charge in [0.25, 0.3) is 0 Å². The number of carbonyl (C=O) groups excluding carboxylic acids is 1. The van der Waals surface area contributed by atoms with Gasteiger partial charge in [-0.15, -0.1) is 0 Å². The van der Waals surface area contributed by atoms with Gasteiger partial charge in [0.05, 0.1) is 26.9 Å². The van der Waals surface area contributed by atoms with Crippen molar-refractivity contribution in [2.45, 2.75) is 19.4 Å². The second-order valence-corrected chi connectivity index (χ2v) is 6.44. The van der Waals surface area contributed by atoms with Gasteiger partial charge in [-0.3, -0.25) is 4.90 Å². The van der Waals surface area contributed by atoms with Crippen LogP contribution in [0, 0.1) is 0 Å². The Balaban J connectivity index is 2.13. The molecule has 1 amide bonds. The Kier molecular flexibility index (Phi) is 5.57. The summed E-state index contributed by atoms with van der Waals surface area (Å²) in [7, 11) is 3.22. The first-order chi connectivity index (χ1) is 12.6. The number of halogens is 1. The molecule has 0 N–H and O–H groups in total. The summed E-state index contributed by atoms with van der Waals surface area (Å²) < 4.78 is 16.2. The van der Waals surface area contributed by atoms with Crippen LogP contribution in [0.2, 0.25) is 5.02 Å². The number of benzene rings is 2. The fourth-order valence-corrected chi connectivity index (χ4v) is 3.48. The topological polar surface area (TPSA) is 48.0 Å². The number of rotatable bonds is 4. The van der Waals surface area contributed by atoms with E-state index in [-0.39, 0.29) is 12.1 Å². The molecule has 1 heterocycles. The first-order valence-corrected chi connectivity index (χ1v) is 8.90. The molecule has 2 aromatic rings. The zero-order chi connectivity index (χ0) is 18.7. The van der Waals surface area contributed by atoms with E-state index in [4.69, 9.17) is 25.8 Å². The fourth-order valence-electron chi connectivity index (χ4n) is 3.35. The highest BCUT2D eigenvalue weighted by Gasteiger charge is 2.34. The number of methoxy groups -OCH3 is 2. The molecule has 6 heteroatoms. The van der Waals surface area contributed by atoms with E-state index in [9.17, 15) is 4.79 Å². The van der Waals surface area contributed by atoms with Gasteiger partial charge in [-0.25, -0.2) is 4.79 Å². The van der Waals surface area contributed by atoms with Crippen LogP contribution in [0.1, 0.15) is 29.7 Å². The highest BCUT2D eigenvalue weighted by Crippen LogP contribution is 2.41. The van der Waals surface area contributed by atoms with Crippen molar-refractivity contribution in [3.05, 3.63) is 58.1 Å². The maximum absolute atomic E-state index is 12.6. The maximum atomic E-state index is 12.6. The zero-order valence-corrected chi connectivity index (χ0v) is 15.9. The van der Waals surface area contributed by atoms with Crippen molar-refractivity contribution in [1.82, 2.24) is 4.90 Å². The highest BCUT2D eigenvalue weighted by atomic mass is 35.5. The molecule has 0 saturated heterocycles. The second-order valence-electron chi connectivity index (χ2n) is 6.00. The molecule has 0 aromatic heterocycles. The first kappa shape index (κ1) is 18.4. The van der Waals surface area contributed by atoms with Crippen LogP contribution in [0.5, 0.6) is 11.5 Å². The Morgan fingerprint density at radius 1 is 1.15 bits per heavy atom. The third-order valence-electron chi connectivity index (χ3n) is 4.56. The molecular weight excluding hydrogens is 354 g/mol. The van der Waals surface area contributed by atoms with Crippen LogP contribution in [0.4, 0.5) is 4.79 Å². The molecule has 0 radical (unpaired) electrons. The summed E-state index contributed by atoms with van der Waals surface area (Å²) in [5.74, 6) is 1.32. The summed E-state index contributed by atoms with van der Waals surface area (Å²) in [6.07, 6.45) is 0.395. The van der Waals surface area contributed by atoms with E-state index in [2.05, 4.69) is 0 Å². The van der Waals surface area contributed by atoms with Gasteiger partial charge in [-0.2, -0.15) is 0 Å². The molecule has 0 spiro atoms. The average Bonchev–Trinajstić information content (AvgIpc) is 2.66. The van der Waals surface area contributed by atoms with E-state index >= 15 is 0 Å². The van der Waals surface area contributed by atoms with Gasteiger partial charge in [-0.05, 0) is 54.3 Å². The number of nitrogens with zero attached hydrogens (tertiary/aromatic N) is 1. The largest absolute Gasteiger partial charge is 0.493 e. The number of hydrogen-bond donors (Lipinski definition) is 0. The van der Waals surface area contributed by atoms with Crippen LogP contribution >= 0.6 is 11.6 Å². The van der Waals surface area contributed by atoms with Gasteiger partial charge in [0.15, 0.2) is 11.5 Å². The predicted octanol–water partition coefficient (Wildman–Crippen LogP) is 4.46. The van der Waals surface area contributed by atoms with Crippen LogP contribution in [0.3, 0.4) is 0 Å². The quantitative estimate of drug-likeness (QED) is 0.791. The van der Waals surface area contributed by atoms with Gasteiger partial charge >= 0.3 is 6.09 Å². The molecule has 0 bridgehead atoms. The number of ether oxygens (including phenoxy) is 3. The monoisotopic (exact) mass is 375 g/mol. The van der Waals surface area contributed by atoms with Crippen molar-refractivity contribution < 1.29 is 19.0 Å². The predicted molar refractivity (Wildman–Crippen MR) is 100 cm³/mol. The van der Waals surface area contributed by atoms with Crippen molar-refractivity contribution in [2.75, 3.05) is 27.4 Å². The first-order valence-electron chi connectivity index (χ1n) is 8.52. The number of fused-ring (bicyclic) bond motifs is 1. The lowest BCUT2D eigenvalue weighted by molar-refractivity contribution is 0.0936. The Bertz CT molecular complexity index is 791. The maximum Gasteiger partial charge on any atom is 0.410 e. The number of amides is 1. The number of carbonyl (C=O) groups is 1. The molecule has 0 aliphatic carbocycles. The Morgan fingerprint density at radius 3 is 2.42 bits per heavy atom. The SMILES string of the molecule is CCOC(=O)N1CCc2cc(OC)c(OC)cc2C1c1ccc(Cl)cc1. The van der Waals surface area contributed by atoms with E-state index in [0.717, 1.165) is 23.1 Å². The molecule has 1 aliphatic rings. The van der Waals surface area contributed by atoms with Crippen molar-refractivity contribution in [3.8, 4) is 11.5 Å². The lowest BCUT2D eigenvalue weighted by Crippen LogP contribution is -2.41. The summed E-state index contributed by atoms with van der Waals surface area (Å²) in [5.41, 5.74) is 3.10. The van der Waals surface area contributed by atoms with Crippen molar-refractivity contribution in [3.63, 3.8) is 0 Å². The minimum atomic E-state index is -0.326. The average molecular weight is 376 g/mol. The van der Waals surface area contributed by atoms with E-state index in [1.54, 1.807) is 26.0 Å². The Morgan fingerprint density at radius 2 is 1.81 bits per heavy atom. The Labute approximate surface area is 158 Å². The molecule has 1 aliphatic heterocycles. The zero-order valence-electron chi connectivity index (χ0n) is 15.1. The second kappa shape index (κ2) is 7.87. The van der Waals surface area contributed by atoms with Gasteiger partial charge in [0.1, 0.15) is 0 Å². The summed E-state index contributed by atoms with van der Waals surface area (Å²) >= 11 is 6.04. The van der Waals surface area contributed by atoms with Crippen LogP contribution < -0.4 is 9.47 Å². The lowest BCUT2D eigenvalue weighted by atomic mass is 9.88. The molecule has 26 heavy (non-hydrogen) atoms. The molecule has 1 unspecified atom stereocenters. The van der Waals surface area contributed by atoms with Gasteiger partial charge in [0, 0.05) is 11.6 Å². The number of hydrogen-bond acceptors (Lipinski definition) is 4. The Hall–Kier alpha value is -2.40. The normalized spacial score (nSPS) is 16.0. The minimum absolute atomic E-state index is 0.269. The molecular formula is C20H22ClNO4. The van der Waals surface area contributed by atoms with Gasteiger partial charge in [-0.1, -0.05) is 23.7 Å². The van der Waals surface area contributed by atoms with Crippen molar-refractivity contribution >= 4 is 17.7 Å². The van der Waals surface area contributed by atoms with Gasteiger partial charge in [0.2, 0.25) is 0 Å². The summed E-state index contributed by atoms with van der Waals surface area (Å²) in [6.45, 7) is 2.71. The van der Waals surface area contributed by atoms with Crippen LogP contribution in [-0.2, 0) is 11.2 Å². The molecule has 5 nitrogen and oxygen atoms in total. The van der Waals surface area contributed by atoms with Crippen LogP contribution in [-0.4, -0.2) is 38.4 Å². The van der Waals surface area contributed by atoms with E-state index in [0.29, 0.717) is 29.7 Å².